The molecule has 0 aromatic carbocycles. The number of aliphatic hydroxyl groups is 4. The third kappa shape index (κ3) is 4.85. The summed E-state index contributed by atoms with van der Waals surface area (Å²) < 4.78 is 9.46. The van der Waals surface area contributed by atoms with Crippen LogP contribution in [0.2, 0.25) is 0 Å². The van der Waals surface area contributed by atoms with Crippen molar-refractivity contribution in [1.82, 2.24) is 5.32 Å². The smallest absolute Gasteiger partial charge is 0.364 e. The lowest BCUT2D eigenvalue weighted by molar-refractivity contribution is -0.295. The second-order valence-corrected chi connectivity index (χ2v) is 5.53. The maximum absolute atomic E-state index is 11.2. The van der Waals surface area contributed by atoms with Gasteiger partial charge in [0.25, 0.3) is 5.79 Å². The van der Waals surface area contributed by atoms with Crippen molar-refractivity contribution in [3.63, 3.8) is 0 Å². The number of hydrogen-bond acceptors (Lipinski definition) is 9. The third-order valence-corrected chi connectivity index (χ3v) is 3.48. The third-order valence-electron chi connectivity index (χ3n) is 3.48. The van der Waals surface area contributed by atoms with E-state index in [1.807, 2.05) is 0 Å². The molecule has 1 heterocycles. The first-order valence-electron chi connectivity index (χ1n) is 7.06. The van der Waals surface area contributed by atoms with Crippen molar-refractivity contribution in [1.29, 1.82) is 0 Å². The standard InChI is InChI=1S/C13H21NO10/c1-5(15)14-9-7(17)3-13(22,12(20)21)24-11(9)10(19)8(18)4-23-6(2)16/h7-11,17-19,22H,3-4H2,1-2H3,(H,14,15)(H,20,21)/t7-,8?,9-,10?,11?,13+/m1/s1. The highest BCUT2D eigenvalue weighted by molar-refractivity contribution is 5.76. The number of carbonyl (C=O) groups excluding carboxylic acids is 2. The van der Waals surface area contributed by atoms with E-state index < -0.39 is 67.1 Å². The number of carboxylic acids is 1. The maximum Gasteiger partial charge on any atom is 0.364 e. The molecule has 1 amide bonds. The lowest BCUT2D eigenvalue weighted by Gasteiger charge is -2.44. The summed E-state index contributed by atoms with van der Waals surface area (Å²) in [6.45, 7) is 1.55. The number of carboxylic acid groups (broad SMARTS) is 1. The minimum Gasteiger partial charge on any atom is -0.477 e. The van der Waals surface area contributed by atoms with E-state index in [0.29, 0.717) is 0 Å². The molecule has 1 aliphatic rings. The summed E-state index contributed by atoms with van der Waals surface area (Å²) >= 11 is 0. The van der Waals surface area contributed by atoms with Gasteiger partial charge >= 0.3 is 11.9 Å². The monoisotopic (exact) mass is 351 g/mol. The number of aliphatic hydroxyl groups excluding tert-OH is 3. The maximum atomic E-state index is 11.2. The Labute approximate surface area is 136 Å². The van der Waals surface area contributed by atoms with Crippen molar-refractivity contribution in [2.75, 3.05) is 6.61 Å². The Balaban J connectivity index is 3.01. The summed E-state index contributed by atoms with van der Waals surface area (Å²) in [5.74, 6) is -5.97. The Kier molecular flexibility index (Phi) is 6.63. The summed E-state index contributed by atoms with van der Waals surface area (Å²) in [6, 6.07) is -1.30. The first-order valence-corrected chi connectivity index (χ1v) is 7.06. The van der Waals surface area contributed by atoms with Crippen LogP contribution in [0.5, 0.6) is 0 Å². The van der Waals surface area contributed by atoms with Crippen LogP contribution in [-0.4, -0.2) is 86.2 Å². The Morgan fingerprint density at radius 2 is 1.92 bits per heavy atom. The number of esters is 1. The van der Waals surface area contributed by atoms with Gasteiger partial charge in [-0.1, -0.05) is 0 Å². The predicted octanol–water partition coefficient (Wildman–Crippen LogP) is -3.30. The first-order chi connectivity index (χ1) is 11.0. The molecule has 6 N–H and O–H groups in total. The molecule has 1 saturated heterocycles. The van der Waals surface area contributed by atoms with Crippen LogP contribution >= 0.6 is 0 Å². The number of aliphatic carboxylic acids is 1. The molecular weight excluding hydrogens is 330 g/mol. The van der Waals surface area contributed by atoms with E-state index in [1.54, 1.807) is 0 Å². The van der Waals surface area contributed by atoms with Crippen molar-refractivity contribution >= 4 is 17.8 Å². The molecule has 3 unspecified atom stereocenters. The highest BCUT2D eigenvalue weighted by Gasteiger charge is 2.53. The fraction of sp³-hybridized carbons (Fsp3) is 0.769. The van der Waals surface area contributed by atoms with Crippen LogP contribution in [0.25, 0.3) is 0 Å². The van der Waals surface area contributed by atoms with Gasteiger partial charge < -0.3 is 40.3 Å². The number of amides is 1. The van der Waals surface area contributed by atoms with Gasteiger partial charge in [-0.15, -0.1) is 0 Å². The molecule has 0 saturated carbocycles. The van der Waals surface area contributed by atoms with Gasteiger partial charge in [0.05, 0.1) is 12.1 Å². The molecule has 24 heavy (non-hydrogen) atoms. The molecule has 0 radical (unpaired) electrons. The van der Waals surface area contributed by atoms with Crippen molar-refractivity contribution in [3.05, 3.63) is 0 Å². The average molecular weight is 351 g/mol. The van der Waals surface area contributed by atoms with Gasteiger partial charge in [-0.3, -0.25) is 9.59 Å². The minimum absolute atomic E-state index is 0.616. The second kappa shape index (κ2) is 7.85. The van der Waals surface area contributed by atoms with Crippen LogP contribution in [0.15, 0.2) is 0 Å². The van der Waals surface area contributed by atoms with E-state index in [2.05, 4.69) is 10.1 Å². The molecule has 11 heteroatoms. The fourth-order valence-electron chi connectivity index (χ4n) is 2.33. The minimum atomic E-state index is -2.82. The molecular formula is C13H21NO10. The molecule has 138 valence electrons. The second-order valence-electron chi connectivity index (χ2n) is 5.53. The van der Waals surface area contributed by atoms with Crippen LogP contribution in [0.3, 0.4) is 0 Å². The van der Waals surface area contributed by atoms with Gasteiger partial charge in [0.2, 0.25) is 5.91 Å². The summed E-state index contributed by atoms with van der Waals surface area (Å²) in [4.78, 5) is 33.1. The number of nitrogens with one attached hydrogen (secondary N) is 1. The molecule has 0 spiro atoms. The summed E-state index contributed by atoms with van der Waals surface area (Å²) in [7, 11) is 0. The summed E-state index contributed by atoms with van der Waals surface area (Å²) in [5.41, 5.74) is 0. The van der Waals surface area contributed by atoms with E-state index in [4.69, 9.17) is 9.84 Å². The Bertz CT molecular complexity index is 497. The normalized spacial score (nSPS) is 32.5. The highest BCUT2D eigenvalue weighted by atomic mass is 16.7. The quantitative estimate of drug-likeness (QED) is 0.265. The van der Waals surface area contributed by atoms with E-state index in [0.717, 1.165) is 13.8 Å². The van der Waals surface area contributed by atoms with Gasteiger partial charge in [-0.25, -0.2) is 4.79 Å². The molecule has 6 atom stereocenters. The number of carbonyl (C=O) groups is 3. The molecule has 0 aromatic rings. The van der Waals surface area contributed by atoms with Crippen LogP contribution in [-0.2, 0) is 23.9 Å². The van der Waals surface area contributed by atoms with Crippen LogP contribution in [0.1, 0.15) is 20.3 Å². The summed E-state index contributed by atoms with van der Waals surface area (Å²) in [6.07, 6.45) is -7.61. The molecule has 1 rings (SSSR count). The van der Waals surface area contributed by atoms with Crippen molar-refractivity contribution < 1.29 is 49.4 Å². The van der Waals surface area contributed by atoms with Gasteiger partial charge in [0.15, 0.2) is 0 Å². The van der Waals surface area contributed by atoms with Gasteiger partial charge in [0, 0.05) is 20.3 Å². The SMILES string of the molecule is CC(=O)N[C@H]1C(C(O)C(O)COC(C)=O)O[C@](O)(C(=O)O)C[C@H]1O. The molecule has 0 bridgehead atoms. The van der Waals surface area contributed by atoms with Crippen molar-refractivity contribution in [2.45, 2.75) is 56.5 Å². The molecule has 11 nitrogen and oxygen atoms in total. The van der Waals surface area contributed by atoms with E-state index in [-0.39, 0.29) is 0 Å². The van der Waals surface area contributed by atoms with Crippen LogP contribution < -0.4 is 5.32 Å². The average Bonchev–Trinajstić information content (AvgIpc) is 2.46. The Morgan fingerprint density at radius 3 is 2.38 bits per heavy atom. The Hall–Kier alpha value is -1.79. The lowest BCUT2D eigenvalue weighted by Crippen LogP contribution is -2.67. The fourth-order valence-corrected chi connectivity index (χ4v) is 2.33. The molecule has 0 aromatic heterocycles. The molecule has 1 aliphatic heterocycles. The van der Waals surface area contributed by atoms with Crippen LogP contribution in [0.4, 0.5) is 0 Å². The topological polar surface area (TPSA) is 183 Å². The van der Waals surface area contributed by atoms with Gasteiger partial charge in [-0.05, 0) is 0 Å². The lowest BCUT2D eigenvalue weighted by atomic mass is 9.88. The predicted molar refractivity (Wildman–Crippen MR) is 74.3 cm³/mol. The first kappa shape index (κ1) is 20.3. The number of hydrogen-bond donors (Lipinski definition) is 6. The van der Waals surface area contributed by atoms with E-state index in [1.165, 1.54) is 0 Å². The van der Waals surface area contributed by atoms with Crippen molar-refractivity contribution in [2.24, 2.45) is 0 Å². The molecule has 0 aliphatic carbocycles. The summed E-state index contributed by atoms with van der Waals surface area (Å²) in [5, 5.41) is 51.2. The zero-order chi connectivity index (χ0) is 18.7. The zero-order valence-corrected chi connectivity index (χ0v) is 13.1. The van der Waals surface area contributed by atoms with E-state index in [9.17, 15) is 34.8 Å². The van der Waals surface area contributed by atoms with E-state index >= 15 is 0 Å². The van der Waals surface area contributed by atoms with Crippen LogP contribution in [0, 0.1) is 0 Å². The highest BCUT2D eigenvalue weighted by Crippen LogP contribution is 2.30. The largest absolute Gasteiger partial charge is 0.477 e. The zero-order valence-electron chi connectivity index (χ0n) is 13.1. The van der Waals surface area contributed by atoms with Gasteiger partial charge in [-0.2, -0.15) is 0 Å². The number of ether oxygens (including phenoxy) is 2. The molecule has 1 fully saturated rings. The Morgan fingerprint density at radius 1 is 1.33 bits per heavy atom. The number of rotatable bonds is 6. The van der Waals surface area contributed by atoms with Crippen molar-refractivity contribution in [3.8, 4) is 0 Å². The van der Waals surface area contributed by atoms with Gasteiger partial charge in [0.1, 0.15) is 24.9 Å².